The van der Waals surface area contributed by atoms with Crippen LogP contribution in [0.5, 0.6) is 0 Å². The summed E-state index contributed by atoms with van der Waals surface area (Å²) < 4.78 is 42.2. The van der Waals surface area contributed by atoms with Gasteiger partial charge >= 0.3 is 6.18 Å². The van der Waals surface area contributed by atoms with E-state index in [-0.39, 0.29) is 11.7 Å². The monoisotopic (exact) mass is 258 g/mol. The highest BCUT2D eigenvalue weighted by Crippen LogP contribution is 2.29. The first-order valence-electron chi connectivity index (χ1n) is 5.75. The summed E-state index contributed by atoms with van der Waals surface area (Å²) in [6, 6.07) is 4.36. The molecule has 1 aromatic carbocycles. The fourth-order valence-electron chi connectivity index (χ4n) is 1.97. The van der Waals surface area contributed by atoms with Gasteiger partial charge in [-0.25, -0.2) is 0 Å². The molecule has 1 heterocycles. The van der Waals surface area contributed by atoms with Crippen molar-refractivity contribution in [3.63, 3.8) is 0 Å². The van der Waals surface area contributed by atoms with Crippen LogP contribution < -0.4 is 0 Å². The summed E-state index contributed by atoms with van der Waals surface area (Å²) in [5.41, 5.74) is -0.404. The SMILES string of the molecule is O=C(CC1CCOC1)c1ccc(C(F)(F)F)cc1. The molecule has 0 bridgehead atoms. The Balaban J connectivity index is 2.02. The topological polar surface area (TPSA) is 26.3 Å². The normalized spacial score (nSPS) is 20.1. The van der Waals surface area contributed by atoms with E-state index < -0.39 is 11.7 Å². The molecule has 1 aromatic rings. The Morgan fingerprint density at radius 3 is 2.44 bits per heavy atom. The maximum absolute atomic E-state index is 12.3. The Morgan fingerprint density at radius 1 is 1.28 bits per heavy atom. The molecule has 5 heteroatoms. The van der Waals surface area contributed by atoms with Gasteiger partial charge < -0.3 is 4.74 Å². The lowest BCUT2D eigenvalue weighted by molar-refractivity contribution is -0.137. The van der Waals surface area contributed by atoms with Crippen LogP contribution in [-0.2, 0) is 10.9 Å². The second kappa shape index (κ2) is 5.10. The zero-order chi connectivity index (χ0) is 13.2. The number of carbonyl (C=O) groups is 1. The van der Waals surface area contributed by atoms with E-state index >= 15 is 0 Å². The molecule has 1 aliphatic rings. The minimum atomic E-state index is -4.36. The Morgan fingerprint density at radius 2 is 1.94 bits per heavy atom. The first kappa shape index (κ1) is 13.1. The van der Waals surface area contributed by atoms with Gasteiger partial charge in [0, 0.05) is 25.2 Å². The molecule has 0 N–H and O–H groups in total. The summed E-state index contributed by atoms with van der Waals surface area (Å²) in [6.07, 6.45) is -3.18. The largest absolute Gasteiger partial charge is 0.416 e. The highest BCUT2D eigenvalue weighted by atomic mass is 19.4. The van der Waals surface area contributed by atoms with Crippen LogP contribution in [0.3, 0.4) is 0 Å². The third kappa shape index (κ3) is 3.10. The quantitative estimate of drug-likeness (QED) is 0.777. The van der Waals surface area contributed by atoms with Crippen LogP contribution >= 0.6 is 0 Å². The highest BCUT2D eigenvalue weighted by Gasteiger charge is 2.30. The number of hydrogen-bond acceptors (Lipinski definition) is 2. The van der Waals surface area contributed by atoms with Crippen LogP contribution in [0.1, 0.15) is 28.8 Å². The van der Waals surface area contributed by atoms with Gasteiger partial charge in [0.15, 0.2) is 5.78 Å². The van der Waals surface area contributed by atoms with Gasteiger partial charge in [-0.1, -0.05) is 12.1 Å². The minimum absolute atomic E-state index is 0.126. The lowest BCUT2D eigenvalue weighted by Gasteiger charge is -2.09. The first-order valence-corrected chi connectivity index (χ1v) is 5.75. The molecule has 1 unspecified atom stereocenters. The van der Waals surface area contributed by atoms with Crippen molar-refractivity contribution < 1.29 is 22.7 Å². The second-order valence-electron chi connectivity index (χ2n) is 4.43. The molecule has 0 amide bonds. The average molecular weight is 258 g/mol. The number of ether oxygens (including phenoxy) is 1. The molecule has 0 aliphatic carbocycles. The maximum Gasteiger partial charge on any atom is 0.416 e. The number of Topliss-reactive ketones (excluding diaryl/α,β-unsaturated/α-hetero) is 1. The summed E-state index contributed by atoms with van der Waals surface area (Å²) in [4.78, 5) is 11.8. The van der Waals surface area contributed by atoms with Crippen LogP contribution in [0.4, 0.5) is 13.2 Å². The Bertz CT molecular complexity index is 417. The van der Waals surface area contributed by atoms with Gasteiger partial charge in [-0.05, 0) is 24.5 Å². The highest BCUT2D eigenvalue weighted by molar-refractivity contribution is 5.96. The minimum Gasteiger partial charge on any atom is -0.381 e. The van der Waals surface area contributed by atoms with Crippen molar-refractivity contribution >= 4 is 5.78 Å². The molecule has 1 atom stereocenters. The van der Waals surface area contributed by atoms with E-state index in [0.717, 1.165) is 18.6 Å². The van der Waals surface area contributed by atoms with Crippen LogP contribution in [0.15, 0.2) is 24.3 Å². The number of halogens is 3. The number of rotatable bonds is 3. The fourth-order valence-corrected chi connectivity index (χ4v) is 1.97. The van der Waals surface area contributed by atoms with Crippen LogP contribution in [0.25, 0.3) is 0 Å². The standard InChI is InChI=1S/C13H13F3O2/c14-13(15,16)11-3-1-10(2-4-11)12(17)7-9-5-6-18-8-9/h1-4,9H,5-8H2. The zero-order valence-electron chi connectivity index (χ0n) is 9.67. The van der Waals surface area contributed by atoms with E-state index in [1.807, 2.05) is 0 Å². The number of hydrogen-bond donors (Lipinski definition) is 0. The van der Waals surface area contributed by atoms with Crippen LogP contribution in [0.2, 0.25) is 0 Å². The van der Waals surface area contributed by atoms with Crippen molar-refractivity contribution in [2.45, 2.75) is 19.0 Å². The third-order valence-corrected chi connectivity index (χ3v) is 3.03. The van der Waals surface area contributed by atoms with Gasteiger partial charge in [0.1, 0.15) is 0 Å². The molecular weight excluding hydrogens is 245 g/mol. The van der Waals surface area contributed by atoms with Gasteiger partial charge in [-0.2, -0.15) is 13.2 Å². The Labute approximate surface area is 103 Å². The molecule has 2 nitrogen and oxygen atoms in total. The van der Waals surface area contributed by atoms with Gasteiger partial charge in [0.05, 0.1) is 5.56 Å². The molecule has 98 valence electrons. The summed E-state index contributed by atoms with van der Waals surface area (Å²) >= 11 is 0. The first-order chi connectivity index (χ1) is 8.47. The van der Waals surface area contributed by atoms with Crippen LogP contribution in [-0.4, -0.2) is 19.0 Å². The molecule has 0 aromatic heterocycles. The molecule has 1 saturated heterocycles. The van der Waals surface area contributed by atoms with E-state index in [2.05, 4.69) is 0 Å². The lowest BCUT2D eigenvalue weighted by atomic mass is 9.97. The van der Waals surface area contributed by atoms with Crippen molar-refractivity contribution in [1.82, 2.24) is 0 Å². The van der Waals surface area contributed by atoms with Crippen molar-refractivity contribution in [3.05, 3.63) is 35.4 Å². The van der Waals surface area contributed by atoms with Crippen molar-refractivity contribution in [2.24, 2.45) is 5.92 Å². The summed E-state index contributed by atoms with van der Waals surface area (Å²) in [7, 11) is 0. The van der Waals surface area contributed by atoms with Gasteiger partial charge in [-0.15, -0.1) is 0 Å². The van der Waals surface area contributed by atoms with Crippen molar-refractivity contribution in [2.75, 3.05) is 13.2 Å². The van der Waals surface area contributed by atoms with Gasteiger partial charge in [0.2, 0.25) is 0 Å². The van der Waals surface area contributed by atoms with E-state index in [9.17, 15) is 18.0 Å². The lowest BCUT2D eigenvalue weighted by Crippen LogP contribution is -2.10. The molecule has 2 rings (SSSR count). The molecule has 0 spiro atoms. The molecule has 0 saturated carbocycles. The Kier molecular flexibility index (Phi) is 3.71. The van der Waals surface area contributed by atoms with Crippen LogP contribution in [0, 0.1) is 5.92 Å². The number of ketones is 1. The maximum atomic E-state index is 12.3. The van der Waals surface area contributed by atoms with E-state index in [1.165, 1.54) is 12.1 Å². The molecule has 0 radical (unpaired) electrons. The summed E-state index contributed by atoms with van der Waals surface area (Å²) in [5, 5.41) is 0. The second-order valence-corrected chi connectivity index (χ2v) is 4.43. The fraction of sp³-hybridized carbons (Fsp3) is 0.462. The smallest absolute Gasteiger partial charge is 0.381 e. The average Bonchev–Trinajstić information content (AvgIpc) is 2.81. The van der Waals surface area contributed by atoms with Crippen molar-refractivity contribution in [3.8, 4) is 0 Å². The zero-order valence-corrected chi connectivity index (χ0v) is 9.67. The van der Waals surface area contributed by atoms with E-state index in [4.69, 9.17) is 4.74 Å². The van der Waals surface area contributed by atoms with Crippen molar-refractivity contribution in [1.29, 1.82) is 0 Å². The molecular formula is C13H13F3O2. The number of benzene rings is 1. The van der Waals surface area contributed by atoms with E-state index in [0.29, 0.717) is 25.2 Å². The Hall–Kier alpha value is -1.36. The number of carbonyl (C=O) groups excluding carboxylic acids is 1. The number of alkyl halides is 3. The third-order valence-electron chi connectivity index (χ3n) is 3.03. The summed E-state index contributed by atoms with van der Waals surface area (Å²) in [6.45, 7) is 1.22. The predicted octanol–water partition coefficient (Wildman–Crippen LogP) is 3.31. The van der Waals surface area contributed by atoms with E-state index in [1.54, 1.807) is 0 Å². The molecule has 1 fully saturated rings. The van der Waals surface area contributed by atoms with Gasteiger partial charge in [-0.3, -0.25) is 4.79 Å². The molecule has 1 aliphatic heterocycles. The summed E-state index contributed by atoms with van der Waals surface area (Å²) in [5.74, 6) is 0.0685. The predicted molar refractivity (Wildman–Crippen MR) is 59.3 cm³/mol. The molecule has 18 heavy (non-hydrogen) atoms. The van der Waals surface area contributed by atoms with Gasteiger partial charge in [0.25, 0.3) is 0 Å².